The van der Waals surface area contributed by atoms with Gasteiger partial charge in [0.25, 0.3) is 0 Å². The molecule has 0 bridgehead atoms. The first-order valence-corrected chi connectivity index (χ1v) is 20.1. The molecule has 1 saturated heterocycles. The predicted octanol–water partition coefficient (Wildman–Crippen LogP) is 10.0. The van der Waals surface area contributed by atoms with Crippen molar-refractivity contribution in [3.63, 3.8) is 0 Å². The minimum atomic E-state index is -2.39. The molecular formula is C46H40NOOsP+. The standard InChI is InChI=1S/C46H40NOP.Os/c1-5-16-35-24-27-43-44-28-25-36(30-46(44)47(4)45(43)29-35)23-26-38(31-39-33-48-32-37(39)6-2)34(3)49(40-17-10-7-11-18-40,41-19-12-8-13-20-41)42-21-14-9-15-22-42;/h5-31H,32-33H2,1-2,4H3;/q+1;/b16-5+,26-23+,37-6?,38-34?,39-31?;. The van der Waals surface area contributed by atoms with Crippen LogP contribution in [0.1, 0.15) is 25.0 Å². The molecule has 0 amide bonds. The van der Waals surface area contributed by atoms with Crippen LogP contribution in [0.4, 0.5) is 0 Å². The number of hydrogen-bond donors (Lipinski definition) is 0. The third-order valence-corrected chi connectivity index (χ3v) is 15.0. The van der Waals surface area contributed by atoms with E-state index in [-0.39, 0.29) is 0 Å². The van der Waals surface area contributed by atoms with Gasteiger partial charge in [0.1, 0.15) is 0 Å². The van der Waals surface area contributed by atoms with Gasteiger partial charge in [-0.15, -0.1) is 0 Å². The monoisotopic (exact) mass is 845 g/mol. The number of fused-ring (bicyclic) bond motifs is 3. The van der Waals surface area contributed by atoms with E-state index in [1.54, 1.807) is 0 Å². The van der Waals surface area contributed by atoms with E-state index in [1.165, 1.54) is 59.7 Å². The number of benzene rings is 5. The van der Waals surface area contributed by atoms with Crippen LogP contribution in [-0.2, 0) is 29.7 Å². The Morgan fingerprint density at radius 3 is 1.66 bits per heavy atom. The number of ether oxygens (including phenoxy) is 1. The summed E-state index contributed by atoms with van der Waals surface area (Å²) in [5.41, 5.74) is 8.44. The van der Waals surface area contributed by atoms with Crippen LogP contribution in [0.3, 0.4) is 0 Å². The molecule has 0 aliphatic carbocycles. The van der Waals surface area contributed by atoms with Crippen molar-refractivity contribution in [3.05, 3.63) is 185 Å². The number of aryl methyl sites for hydroxylation is 1. The van der Waals surface area contributed by atoms with Gasteiger partial charge in [0.05, 0.1) is 0 Å². The summed E-state index contributed by atoms with van der Waals surface area (Å²) in [6.45, 7) is 5.40. The van der Waals surface area contributed by atoms with Gasteiger partial charge in [-0.2, -0.15) is 0 Å². The van der Waals surface area contributed by atoms with E-state index in [0.717, 1.165) is 11.1 Å². The van der Waals surface area contributed by atoms with Crippen LogP contribution in [0.2, 0.25) is 0 Å². The van der Waals surface area contributed by atoms with E-state index < -0.39 is 7.26 Å². The molecule has 4 heteroatoms. The Morgan fingerprint density at radius 2 is 1.18 bits per heavy atom. The van der Waals surface area contributed by atoms with Crippen molar-refractivity contribution in [3.8, 4) is 4.37 Å². The van der Waals surface area contributed by atoms with Crippen molar-refractivity contribution >= 4 is 57.1 Å². The average Bonchev–Trinajstić information content (AvgIpc) is 3.74. The summed E-state index contributed by atoms with van der Waals surface area (Å²) < 4.78 is 12.2. The third kappa shape index (κ3) is 6.29. The van der Waals surface area contributed by atoms with Crippen LogP contribution in [0.5, 0.6) is 0 Å². The predicted molar refractivity (Wildman–Crippen MR) is 213 cm³/mol. The third-order valence-electron chi connectivity index (χ3n) is 9.60. The molecular weight excluding hydrogens is 804 g/mol. The van der Waals surface area contributed by atoms with E-state index in [2.05, 4.69) is 194 Å². The quantitative estimate of drug-likeness (QED) is 0.110. The Bertz CT molecular complexity index is 2270. The fraction of sp³-hybridized carbons (Fsp3) is 0.109. The summed E-state index contributed by atoms with van der Waals surface area (Å²) in [5, 5.41) is 7.67. The molecule has 50 heavy (non-hydrogen) atoms. The van der Waals surface area contributed by atoms with Gasteiger partial charge >= 0.3 is 289 Å². The van der Waals surface area contributed by atoms with E-state index in [0.29, 0.717) is 13.2 Å². The summed E-state index contributed by atoms with van der Waals surface area (Å²) in [5.74, 6) is 0. The van der Waals surface area contributed by atoms with Crippen molar-refractivity contribution in [2.45, 2.75) is 13.8 Å². The van der Waals surface area contributed by atoms with Crippen molar-refractivity contribution in [2.24, 2.45) is 7.05 Å². The van der Waals surface area contributed by atoms with Gasteiger partial charge in [-0.05, 0) is 6.92 Å². The normalized spacial score (nSPS) is 15.9. The SMILES string of the molecule is CC=C1COCC1=CC(/C=C/c1ccc2c3ccc(/C=C/C)cc3n(C)c2c1)=C([C]#[Os])[P+](c1ccccc1)(c1ccccc1)c1ccccc1. The molecule has 1 fully saturated rings. The Kier molecular flexibility index (Phi) is 10.2. The van der Waals surface area contributed by atoms with E-state index in [4.69, 9.17) is 4.74 Å². The zero-order valence-corrected chi connectivity index (χ0v) is 32.1. The second-order valence-corrected chi connectivity index (χ2v) is 16.5. The molecule has 7 rings (SSSR count). The van der Waals surface area contributed by atoms with Crippen LogP contribution in [0, 0.1) is 4.37 Å². The van der Waals surface area contributed by atoms with Gasteiger partial charge in [-0.1, -0.05) is 12.2 Å². The maximum atomic E-state index is 5.99. The molecule has 0 saturated carbocycles. The zero-order valence-electron chi connectivity index (χ0n) is 28.7. The van der Waals surface area contributed by atoms with Crippen molar-refractivity contribution in [1.82, 2.24) is 4.57 Å². The number of hydrogen-bond acceptors (Lipinski definition) is 1. The number of nitrogens with zero attached hydrogens (tertiary/aromatic N) is 1. The molecule has 0 N–H and O–H groups in total. The van der Waals surface area contributed by atoms with Gasteiger partial charge in [0.15, 0.2) is 0 Å². The molecule has 1 aliphatic rings. The van der Waals surface area contributed by atoms with Gasteiger partial charge in [0, 0.05) is 0 Å². The fourth-order valence-electron chi connectivity index (χ4n) is 7.16. The van der Waals surface area contributed by atoms with Gasteiger partial charge in [-0.25, -0.2) is 0 Å². The van der Waals surface area contributed by atoms with Crippen molar-refractivity contribution < 1.29 is 22.7 Å². The van der Waals surface area contributed by atoms with E-state index in [9.17, 15) is 0 Å². The topological polar surface area (TPSA) is 14.2 Å². The summed E-state index contributed by atoms with van der Waals surface area (Å²) in [7, 11) is -0.222. The Morgan fingerprint density at radius 1 is 0.680 bits per heavy atom. The van der Waals surface area contributed by atoms with Crippen LogP contribution in [-0.4, -0.2) is 17.8 Å². The molecule has 1 aliphatic heterocycles. The molecule has 6 aromatic rings. The van der Waals surface area contributed by atoms with Crippen LogP contribution in [0.15, 0.2) is 174 Å². The second kappa shape index (κ2) is 15.1. The van der Waals surface area contributed by atoms with E-state index >= 15 is 0 Å². The Hall–Kier alpha value is -4.59. The molecule has 247 valence electrons. The van der Waals surface area contributed by atoms with Gasteiger partial charge in [-0.3, -0.25) is 0 Å². The summed E-state index contributed by atoms with van der Waals surface area (Å²) in [6.07, 6.45) is 13.4. The molecule has 1 aromatic heterocycles. The minimum absolute atomic E-state index is 0.598. The van der Waals surface area contributed by atoms with E-state index in [1.807, 2.05) is 17.9 Å². The molecule has 0 radical (unpaired) electrons. The van der Waals surface area contributed by atoms with Crippen molar-refractivity contribution in [1.29, 1.82) is 0 Å². The average molecular weight is 844 g/mol. The first-order valence-electron chi connectivity index (χ1n) is 17.0. The Labute approximate surface area is 306 Å². The fourth-order valence-corrected chi connectivity index (χ4v) is 13.0. The molecule has 0 atom stereocenters. The first-order chi connectivity index (χ1) is 24.6. The number of allylic oxidation sites excluding steroid dienone is 6. The second-order valence-electron chi connectivity index (χ2n) is 12.5. The molecule has 0 spiro atoms. The summed E-state index contributed by atoms with van der Waals surface area (Å²) >= 11 is 1.82. The van der Waals surface area contributed by atoms with Crippen LogP contribution >= 0.6 is 7.26 Å². The maximum absolute atomic E-state index is 5.99. The van der Waals surface area contributed by atoms with Crippen LogP contribution in [0.25, 0.3) is 34.0 Å². The van der Waals surface area contributed by atoms with Crippen molar-refractivity contribution in [2.75, 3.05) is 13.2 Å². The van der Waals surface area contributed by atoms with Crippen LogP contribution < -0.4 is 15.9 Å². The molecule has 0 unspecified atom stereocenters. The zero-order chi connectivity index (χ0) is 34.5. The first kappa shape index (κ1) is 33.9. The Balaban J connectivity index is 1.49. The number of rotatable bonds is 8. The van der Waals surface area contributed by atoms with Gasteiger partial charge in [0.2, 0.25) is 0 Å². The summed E-state index contributed by atoms with van der Waals surface area (Å²) in [4.78, 5) is 0. The summed E-state index contributed by atoms with van der Waals surface area (Å²) in [6, 6.07) is 46.7. The van der Waals surface area contributed by atoms with Gasteiger partial charge < -0.3 is 0 Å². The number of aromatic nitrogens is 1. The molecule has 5 aromatic carbocycles. The molecule has 2 heterocycles. The molecule has 2 nitrogen and oxygen atoms in total.